The second kappa shape index (κ2) is 6.28. The molecule has 2 N–H and O–H groups in total. The maximum atomic E-state index is 12.0. The van der Waals surface area contributed by atoms with Crippen LogP contribution in [0.5, 0.6) is 5.75 Å². The van der Waals surface area contributed by atoms with E-state index in [0.717, 1.165) is 4.47 Å². The van der Waals surface area contributed by atoms with E-state index >= 15 is 0 Å². The molecular weight excluding hydrogens is 360 g/mol. The summed E-state index contributed by atoms with van der Waals surface area (Å²) in [4.78, 5) is 12.0. The zero-order chi connectivity index (χ0) is 15.6. The Bertz CT molecular complexity index is 727. The molecule has 1 aromatic carbocycles. The summed E-state index contributed by atoms with van der Waals surface area (Å²) in [5.74, 6) is -0.417. The van der Waals surface area contributed by atoms with Crippen molar-refractivity contribution in [3.8, 4) is 5.75 Å². The maximum absolute atomic E-state index is 12.0. The van der Waals surface area contributed by atoms with Crippen LogP contribution in [-0.4, -0.2) is 27.0 Å². The van der Waals surface area contributed by atoms with E-state index in [4.69, 9.17) is 11.6 Å². The van der Waals surface area contributed by atoms with Gasteiger partial charge in [-0.2, -0.15) is 10.2 Å². The lowest BCUT2D eigenvalue weighted by Crippen LogP contribution is -2.21. The number of phenols is 1. The van der Waals surface area contributed by atoms with Gasteiger partial charge in [0.25, 0.3) is 5.91 Å². The fourth-order valence-electron chi connectivity index (χ4n) is 1.72. The van der Waals surface area contributed by atoms with Crippen LogP contribution in [-0.2, 0) is 7.05 Å². The number of nitrogens with one attached hydrogen (secondary N) is 1. The molecule has 0 aliphatic heterocycles. The monoisotopic (exact) mass is 370 g/mol. The third kappa shape index (κ3) is 3.43. The molecule has 0 unspecified atom stereocenters. The molecule has 0 atom stereocenters. The van der Waals surface area contributed by atoms with Gasteiger partial charge in [-0.15, -0.1) is 0 Å². The van der Waals surface area contributed by atoms with Crippen molar-refractivity contribution in [1.82, 2.24) is 15.2 Å². The number of halogens is 2. The zero-order valence-corrected chi connectivity index (χ0v) is 13.6. The quantitative estimate of drug-likeness (QED) is 0.643. The number of hydrogen-bond acceptors (Lipinski definition) is 4. The van der Waals surface area contributed by atoms with Gasteiger partial charge < -0.3 is 5.11 Å². The number of nitrogens with zero attached hydrogens (tertiary/aromatic N) is 3. The minimum Gasteiger partial charge on any atom is -0.507 e. The molecule has 6 nitrogen and oxygen atoms in total. The number of phenolic OH excluding ortho intramolecular Hbond substituents is 1. The van der Waals surface area contributed by atoms with Gasteiger partial charge >= 0.3 is 0 Å². The molecular formula is C13H12BrClN4O2. The topological polar surface area (TPSA) is 79.5 Å². The van der Waals surface area contributed by atoms with Gasteiger partial charge in [0.05, 0.1) is 16.9 Å². The maximum Gasteiger partial charge on any atom is 0.291 e. The van der Waals surface area contributed by atoms with Gasteiger partial charge in [0.2, 0.25) is 0 Å². The Morgan fingerprint density at radius 3 is 2.90 bits per heavy atom. The molecule has 1 aromatic heterocycles. The van der Waals surface area contributed by atoms with Crippen LogP contribution in [0.25, 0.3) is 0 Å². The van der Waals surface area contributed by atoms with Crippen molar-refractivity contribution in [3.05, 3.63) is 44.6 Å². The lowest BCUT2D eigenvalue weighted by atomic mass is 10.2. The number of aromatic nitrogens is 2. The smallest absolute Gasteiger partial charge is 0.291 e. The Labute approximate surface area is 134 Å². The van der Waals surface area contributed by atoms with E-state index < -0.39 is 5.91 Å². The van der Waals surface area contributed by atoms with Crippen molar-refractivity contribution in [2.45, 2.75) is 6.92 Å². The molecule has 1 heterocycles. The molecule has 1 amide bonds. The number of aryl methyl sites for hydroxylation is 2. The highest BCUT2D eigenvalue weighted by molar-refractivity contribution is 9.10. The predicted octanol–water partition coefficient (Wildman–Crippen LogP) is 2.61. The minimum absolute atomic E-state index is 0.0607. The van der Waals surface area contributed by atoms with Gasteiger partial charge in [-0.05, 0) is 25.1 Å². The Morgan fingerprint density at radius 1 is 1.57 bits per heavy atom. The van der Waals surface area contributed by atoms with Crippen molar-refractivity contribution in [2.75, 3.05) is 0 Å². The van der Waals surface area contributed by atoms with E-state index in [2.05, 4.69) is 31.6 Å². The van der Waals surface area contributed by atoms with Crippen molar-refractivity contribution in [3.63, 3.8) is 0 Å². The number of carbonyl (C=O) groups is 1. The molecule has 0 saturated heterocycles. The Morgan fingerprint density at radius 2 is 2.29 bits per heavy atom. The second-order valence-electron chi connectivity index (χ2n) is 4.27. The van der Waals surface area contributed by atoms with Crippen molar-refractivity contribution >= 4 is 39.7 Å². The van der Waals surface area contributed by atoms with Crippen LogP contribution in [0.2, 0.25) is 5.02 Å². The van der Waals surface area contributed by atoms with Gasteiger partial charge in [0.1, 0.15) is 11.4 Å². The van der Waals surface area contributed by atoms with Crippen LogP contribution in [0.3, 0.4) is 0 Å². The molecule has 0 bridgehead atoms. The molecule has 0 spiro atoms. The highest BCUT2D eigenvalue weighted by Crippen LogP contribution is 2.20. The summed E-state index contributed by atoms with van der Waals surface area (Å²) < 4.78 is 2.18. The summed E-state index contributed by atoms with van der Waals surface area (Å²) in [5.41, 5.74) is 3.61. The summed E-state index contributed by atoms with van der Waals surface area (Å²) >= 11 is 9.30. The molecule has 0 fully saturated rings. The standard InChI is InChI=1S/C13H12BrClN4O2/c1-7-11(15)12(19(2)18-7)13(21)17-16-6-8-5-9(14)3-4-10(8)20/h3-6,20H,1-2H3,(H,17,21)/b16-6+. The fourth-order valence-corrected chi connectivity index (χ4v) is 2.35. The number of hydrazone groups is 1. The average molecular weight is 372 g/mol. The molecule has 2 aromatic rings. The minimum atomic E-state index is -0.478. The lowest BCUT2D eigenvalue weighted by molar-refractivity contribution is 0.0946. The van der Waals surface area contributed by atoms with E-state index in [1.165, 1.54) is 17.0 Å². The van der Waals surface area contributed by atoms with Crippen LogP contribution < -0.4 is 5.43 Å². The zero-order valence-electron chi connectivity index (χ0n) is 11.3. The van der Waals surface area contributed by atoms with Gasteiger partial charge in [-0.3, -0.25) is 9.48 Å². The lowest BCUT2D eigenvalue weighted by Gasteiger charge is -2.02. The Hall–Kier alpha value is -1.86. The third-order valence-electron chi connectivity index (χ3n) is 2.72. The first-order chi connectivity index (χ1) is 9.90. The van der Waals surface area contributed by atoms with E-state index in [-0.39, 0.29) is 16.5 Å². The average Bonchev–Trinajstić information content (AvgIpc) is 2.67. The summed E-state index contributed by atoms with van der Waals surface area (Å²) in [7, 11) is 1.62. The summed E-state index contributed by atoms with van der Waals surface area (Å²) in [5, 5.41) is 17.8. The largest absolute Gasteiger partial charge is 0.507 e. The Kier molecular flexibility index (Phi) is 4.64. The molecule has 2 rings (SSSR count). The van der Waals surface area contributed by atoms with Crippen molar-refractivity contribution in [1.29, 1.82) is 0 Å². The van der Waals surface area contributed by atoms with Crippen molar-refractivity contribution < 1.29 is 9.90 Å². The number of benzene rings is 1. The normalized spacial score (nSPS) is 11.0. The number of amides is 1. The van der Waals surface area contributed by atoms with Crippen LogP contribution >= 0.6 is 27.5 Å². The third-order valence-corrected chi connectivity index (χ3v) is 3.67. The predicted molar refractivity (Wildman–Crippen MR) is 83.8 cm³/mol. The summed E-state index contributed by atoms with van der Waals surface area (Å²) in [6.07, 6.45) is 1.34. The molecule has 0 radical (unpaired) electrons. The molecule has 0 aliphatic carbocycles. The Balaban J connectivity index is 2.14. The van der Waals surface area contributed by atoms with E-state index in [0.29, 0.717) is 11.3 Å². The number of rotatable bonds is 3. The highest BCUT2D eigenvalue weighted by atomic mass is 79.9. The van der Waals surface area contributed by atoms with Crippen LogP contribution in [0.15, 0.2) is 27.8 Å². The molecule has 110 valence electrons. The highest BCUT2D eigenvalue weighted by Gasteiger charge is 2.18. The SMILES string of the molecule is Cc1nn(C)c(C(=O)N/N=C/c2cc(Br)ccc2O)c1Cl. The number of hydrogen-bond donors (Lipinski definition) is 2. The van der Waals surface area contributed by atoms with E-state index in [1.807, 2.05) is 0 Å². The first-order valence-corrected chi connectivity index (χ1v) is 7.08. The van der Waals surface area contributed by atoms with Crippen LogP contribution in [0, 0.1) is 6.92 Å². The summed E-state index contributed by atoms with van der Waals surface area (Å²) in [6.45, 7) is 1.71. The van der Waals surface area contributed by atoms with Gasteiger partial charge in [0, 0.05) is 17.1 Å². The fraction of sp³-hybridized carbons (Fsp3) is 0.154. The molecule has 8 heteroatoms. The summed E-state index contributed by atoms with van der Waals surface area (Å²) in [6, 6.07) is 4.89. The van der Waals surface area contributed by atoms with Gasteiger partial charge in [-0.1, -0.05) is 27.5 Å². The first-order valence-electron chi connectivity index (χ1n) is 5.91. The van der Waals surface area contributed by atoms with Crippen molar-refractivity contribution in [2.24, 2.45) is 12.1 Å². The van der Waals surface area contributed by atoms with Crippen LogP contribution in [0.1, 0.15) is 21.7 Å². The molecule has 0 aliphatic rings. The molecule has 0 saturated carbocycles. The van der Waals surface area contributed by atoms with E-state index in [9.17, 15) is 9.90 Å². The second-order valence-corrected chi connectivity index (χ2v) is 5.57. The number of carbonyl (C=O) groups excluding carboxylic acids is 1. The first kappa shape index (κ1) is 15.5. The van der Waals surface area contributed by atoms with Crippen LogP contribution in [0.4, 0.5) is 0 Å². The van der Waals surface area contributed by atoms with Gasteiger partial charge in [-0.25, -0.2) is 5.43 Å². The van der Waals surface area contributed by atoms with Gasteiger partial charge in [0.15, 0.2) is 0 Å². The molecule has 21 heavy (non-hydrogen) atoms. The van der Waals surface area contributed by atoms with E-state index in [1.54, 1.807) is 26.1 Å². The number of aromatic hydroxyl groups is 1.